The fraction of sp³-hybridized carbons (Fsp3) is 0.400. The first-order valence-corrected chi connectivity index (χ1v) is 9.94. The molecule has 1 aliphatic carbocycles. The average molecular weight is 369 g/mol. The predicted octanol–water partition coefficient (Wildman–Crippen LogP) is 4.18. The van der Waals surface area contributed by atoms with E-state index in [1.807, 2.05) is 23.9 Å². The second-order valence-electron chi connectivity index (χ2n) is 7.21. The van der Waals surface area contributed by atoms with E-state index in [-0.39, 0.29) is 11.3 Å². The minimum Gasteiger partial charge on any atom is -0.487 e. The Morgan fingerprint density at radius 1 is 1.38 bits per heavy atom. The summed E-state index contributed by atoms with van der Waals surface area (Å²) in [5.74, 6) is 1.04. The molecule has 0 radical (unpaired) electrons. The molecule has 0 aliphatic heterocycles. The van der Waals surface area contributed by atoms with E-state index in [1.54, 1.807) is 11.3 Å². The van der Waals surface area contributed by atoms with Gasteiger partial charge in [-0.2, -0.15) is 0 Å². The Labute approximate surface area is 156 Å². The normalized spacial score (nSPS) is 15.2. The molecule has 1 saturated carbocycles. The lowest BCUT2D eigenvalue weighted by atomic mass is 10.1. The van der Waals surface area contributed by atoms with Crippen molar-refractivity contribution in [1.29, 1.82) is 0 Å². The quantitative estimate of drug-likeness (QED) is 0.656. The van der Waals surface area contributed by atoms with Crippen molar-refractivity contribution < 1.29 is 9.53 Å². The molecule has 2 N–H and O–H groups in total. The van der Waals surface area contributed by atoms with Gasteiger partial charge in [0.2, 0.25) is 5.91 Å². The highest BCUT2D eigenvalue weighted by Crippen LogP contribution is 2.45. The molecule has 6 heteroatoms. The van der Waals surface area contributed by atoms with Gasteiger partial charge in [-0.25, -0.2) is 4.98 Å². The summed E-state index contributed by atoms with van der Waals surface area (Å²) in [6, 6.07) is 6.32. The van der Waals surface area contributed by atoms with Crippen LogP contribution < -0.4 is 10.1 Å². The Hall–Kier alpha value is -2.34. The first-order valence-electron chi connectivity index (χ1n) is 9.00. The van der Waals surface area contributed by atoms with Crippen LogP contribution in [0.1, 0.15) is 43.6 Å². The molecular weight excluding hydrogens is 346 g/mol. The standard InChI is InChI=1S/C20H23N3O2S/c1-3-13-6-14-7-15(9-21-19(24)20(2)4-5-20)23-17(14)8-18(13)25-10-16-11-26-12-22-16/h6-8,11-12,23H,3-5,9-10H2,1-2H3,(H,21,24). The highest BCUT2D eigenvalue weighted by Gasteiger charge is 2.44. The maximum absolute atomic E-state index is 12.1. The molecule has 136 valence electrons. The van der Waals surface area contributed by atoms with E-state index in [0.717, 1.165) is 47.3 Å². The highest BCUT2D eigenvalue weighted by molar-refractivity contribution is 7.07. The summed E-state index contributed by atoms with van der Waals surface area (Å²) in [5, 5.41) is 6.18. The van der Waals surface area contributed by atoms with Crippen LogP contribution in [0.4, 0.5) is 0 Å². The minimum atomic E-state index is -0.141. The molecule has 0 unspecified atom stereocenters. The number of nitrogens with one attached hydrogen (secondary N) is 2. The molecule has 0 bridgehead atoms. The van der Waals surface area contributed by atoms with Crippen LogP contribution in [-0.4, -0.2) is 15.9 Å². The number of thiazole rings is 1. The molecule has 0 atom stereocenters. The number of carbonyl (C=O) groups is 1. The maximum Gasteiger partial charge on any atom is 0.226 e. The molecule has 26 heavy (non-hydrogen) atoms. The number of aromatic amines is 1. The van der Waals surface area contributed by atoms with Gasteiger partial charge in [-0.15, -0.1) is 11.3 Å². The Morgan fingerprint density at radius 3 is 2.92 bits per heavy atom. The van der Waals surface area contributed by atoms with E-state index >= 15 is 0 Å². The summed E-state index contributed by atoms with van der Waals surface area (Å²) >= 11 is 1.57. The number of hydrogen-bond donors (Lipinski definition) is 2. The van der Waals surface area contributed by atoms with Gasteiger partial charge < -0.3 is 15.0 Å². The van der Waals surface area contributed by atoms with Crippen LogP contribution in [0.25, 0.3) is 10.9 Å². The van der Waals surface area contributed by atoms with Crippen LogP contribution in [0.5, 0.6) is 5.75 Å². The number of nitrogens with zero attached hydrogens (tertiary/aromatic N) is 1. The van der Waals surface area contributed by atoms with Crippen LogP contribution in [0, 0.1) is 5.41 Å². The summed E-state index contributed by atoms with van der Waals surface area (Å²) in [5.41, 5.74) is 5.83. The van der Waals surface area contributed by atoms with Gasteiger partial charge in [0.25, 0.3) is 0 Å². The van der Waals surface area contributed by atoms with Crippen molar-refractivity contribution in [3.63, 3.8) is 0 Å². The van der Waals surface area contributed by atoms with Crippen molar-refractivity contribution >= 4 is 28.1 Å². The van der Waals surface area contributed by atoms with E-state index in [2.05, 4.69) is 34.3 Å². The van der Waals surface area contributed by atoms with Crippen molar-refractivity contribution in [1.82, 2.24) is 15.3 Å². The maximum atomic E-state index is 12.1. The predicted molar refractivity (Wildman–Crippen MR) is 103 cm³/mol. The Balaban J connectivity index is 1.50. The molecule has 0 spiro atoms. The molecule has 4 rings (SSSR count). The fourth-order valence-corrected chi connectivity index (χ4v) is 3.58. The number of amides is 1. The SMILES string of the molecule is CCc1cc2cc(CNC(=O)C3(C)CC3)[nH]c2cc1OCc1cscn1. The van der Waals surface area contributed by atoms with Gasteiger partial charge in [0, 0.05) is 33.5 Å². The Morgan fingerprint density at radius 2 is 2.23 bits per heavy atom. The van der Waals surface area contributed by atoms with E-state index in [1.165, 1.54) is 5.56 Å². The van der Waals surface area contributed by atoms with Crippen molar-refractivity contribution in [2.24, 2.45) is 5.41 Å². The summed E-state index contributed by atoms with van der Waals surface area (Å²) < 4.78 is 6.00. The third-order valence-electron chi connectivity index (χ3n) is 5.09. The number of rotatable bonds is 7. The number of H-pyrrole nitrogens is 1. The van der Waals surface area contributed by atoms with Gasteiger partial charge >= 0.3 is 0 Å². The average Bonchev–Trinajstić information content (AvgIpc) is 3.06. The number of carbonyl (C=O) groups excluding carboxylic acids is 1. The molecular formula is C20H23N3O2S. The molecule has 3 aromatic rings. The topological polar surface area (TPSA) is 67.0 Å². The number of fused-ring (bicyclic) bond motifs is 1. The molecule has 1 amide bonds. The molecule has 1 aromatic carbocycles. The summed E-state index contributed by atoms with van der Waals surface area (Å²) in [6.07, 6.45) is 2.88. The van der Waals surface area contributed by atoms with Crippen LogP contribution in [0.3, 0.4) is 0 Å². The fourth-order valence-electron chi connectivity index (χ4n) is 3.04. The lowest BCUT2D eigenvalue weighted by Gasteiger charge is -2.10. The van der Waals surface area contributed by atoms with Crippen molar-refractivity contribution in [3.8, 4) is 5.75 Å². The number of ether oxygens (including phenoxy) is 1. The van der Waals surface area contributed by atoms with Crippen molar-refractivity contribution in [2.45, 2.75) is 46.3 Å². The zero-order valence-corrected chi connectivity index (χ0v) is 15.9. The summed E-state index contributed by atoms with van der Waals surface area (Å²) in [6.45, 7) is 5.15. The summed E-state index contributed by atoms with van der Waals surface area (Å²) in [4.78, 5) is 19.8. The third kappa shape index (κ3) is 3.46. The highest BCUT2D eigenvalue weighted by atomic mass is 32.1. The lowest BCUT2D eigenvalue weighted by molar-refractivity contribution is -0.125. The smallest absolute Gasteiger partial charge is 0.226 e. The van der Waals surface area contributed by atoms with Gasteiger partial charge in [-0.05, 0) is 37.0 Å². The monoisotopic (exact) mass is 369 g/mol. The van der Waals surface area contributed by atoms with Gasteiger partial charge in [0.05, 0.1) is 17.7 Å². The minimum absolute atomic E-state index is 0.141. The number of aromatic nitrogens is 2. The first kappa shape index (κ1) is 17.1. The molecule has 0 saturated heterocycles. The molecule has 2 aromatic heterocycles. The van der Waals surface area contributed by atoms with E-state index < -0.39 is 0 Å². The van der Waals surface area contributed by atoms with E-state index in [4.69, 9.17) is 4.74 Å². The molecule has 1 fully saturated rings. The molecule has 2 heterocycles. The Bertz CT molecular complexity index is 926. The Kier molecular flexibility index (Phi) is 4.44. The van der Waals surface area contributed by atoms with Gasteiger partial charge in [0.1, 0.15) is 12.4 Å². The van der Waals surface area contributed by atoms with Crippen LogP contribution >= 0.6 is 11.3 Å². The zero-order chi connectivity index (χ0) is 18.1. The van der Waals surface area contributed by atoms with Crippen LogP contribution in [-0.2, 0) is 24.4 Å². The zero-order valence-electron chi connectivity index (χ0n) is 15.1. The third-order valence-corrected chi connectivity index (χ3v) is 5.72. The number of aryl methyl sites for hydroxylation is 1. The molecule has 1 aliphatic rings. The van der Waals surface area contributed by atoms with E-state index in [0.29, 0.717) is 13.2 Å². The van der Waals surface area contributed by atoms with E-state index in [9.17, 15) is 4.79 Å². The lowest BCUT2D eigenvalue weighted by Crippen LogP contribution is -2.29. The van der Waals surface area contributed by atoms with Crippen LogP contribution in [0.2, 0.25) is 0 Å². The number of hydrogen-bond acceptors (Lipinski definition) is 4. The van der Waals surface area contributed by atoms with Crippen molar-refractivity contribution in [2.75, 3.05) is 0 Å². The number of benzene rings is 1. The largest absolute Gasteiger partial charge is 0.487 e. The summed E-state index contributed by atoms with van der Waals surface area (Å²) in [7, 11) is 0. The van der Waals surface area contributed by atoms with Gasteiger partial charge in [-0.1, -0.05) is 13.8 Å². The van der Waals surface area contributed by atoms with Crippen molar-refractivity contribution in [3.05, 3.63) is 46.0 Å². The second kappa shape index (κ2) is 6.76. The van der Waals surface area contributed by atoms with Crippen LogP contribution in [0.15, 0.2) is 29.1 Å². The first-order chi connectivity index (χ1) is 12.6. The van der Waals surface area contributed by atoms with Gasteiger partial charge in [0.15, 0.2) is 0 Å². The molecule has 5 nitrogen and oxygen atoms in total. The van der Waals surface area contributed by atoms with Gasteiger partial charge in [-0.3, -0.25) is 4.79 Å². The second-order valence-corrected chi connectivity index (χ2v) is 7.93.